The molecule has 44 valence electrons. The normalized spacial score (nSPS) is 9.62. The van der Waals surface area contributed by atoms with Gasteiger partial charge in [0.1, 0.15) is 5.69 Å². The van der Waals surface area contributed by atoms with Crippen LogP contribution in [0.25, 0.3) is 0 Å². The van der Waals surface area contributed by atoms with Crippen molar-refractivity contribution in [1.29, 1.82) is 0 Å². The van der Waals surface area contributed by atoms with Crippen molar-refractivity contribution in [1.82, 2.24) is 8.75 Å². The van der Waals surface area contributed by atoms with Gasteiger partial charge in [-0.1, -0.05) is 0 Å². The molecule has 0 aliphatic carbocycles. The minimum Gasteiger partial charge on any atom is -0.491 e. The average molecular weight is 151 g/mol. The second-order valence-corrected chi connectivity index (χ2v) is 1.96. The quantitative estimate of drug-likeness (QED) is 0.608. The molecular formula is C3H3ClN2OS. The van der Waals surface area contributed by atoms with E-state index in [1.165, 1.54) is 0 Å². The third-order valence-electron chi connectivity index (χ3n) is 0.663. The summed E-state index contributed by atoms with van der Waals surface area (Å²) in [7, 11) is 0. The van der Waals surface area contributed by atoms with Crippen LogP contribution in [-0.2, 0) is 5.88 Å². The molecule has 1 N–H and O–H groups in total. The van der Waals surface area contributed by atoms with Crippen molar-refractivity contribution in [2.75, 3.05) is 0 Å². The van der Waals surface area contributed by atoms with E-state index in [0.29, 0.717) is 5.69 Å². The van der Waals surface area contributed by atoms with Gasteiger partial charge in [0.05, 0.1) is 17.6 Å². The summed E-state index contributed by atoms with van der Waals surface area (Å²) in [6, 6.07) is 0. The number of nitrogens with zero attached hydrogens (tertiary/aromatic N) is 2. The van der Waals surface area contributed by atoms with Crippen LogP contribution in [0, 0.1) is 0 Å². The molecule has 1 rings (SSSR count). The third kappa shape index (κ3) is 0.900. The van der Waals surface area contributed by atoms with E-state index in [9.17, 15) is 0 Å². The molecule has 0 aliphatic heterocycles. The molecule has 0 saturated carbocycles. The smallest absolute Gasteiger partial charge is 0.247 e. The topological polar surface area (TPSA) is 46.0 Å². The van der Waals surface area contributed by atoms with E-state index in [2.05, 4.69) is 8.75 Å². The molecule has 0 fully saturated rings. The maximum Gasteiger partial charge on any atom is 0.247 e. The lowest BCUT2D eigenvalue weighted by molar-refractivity contribution is 0.453. The summed E-state index contributed by atoms with van der Waals surface area (Å²) >= 11 is 6.27. The van der Waals surface area contributed by atoms with Gasteiger partial charge in [0.25, 0.3) is 0 Å². The third-order valence-corrected chi connectivity index (χ3v) is 1.47. The second-order valence-electron chi connectivity index (χ2n) is 1.17. The van der Waals surface area contributed by atoms with Crippen molar-refractivity contribution >= 4 is 23.3 Å². The van der Waals surface area contributed by atoms with Gasteiger partial charge < -0.3 is 5.11 Å². The highest BCUT2D eigenvalue weighted by atomic mass is 35.5. The van der Waals surface area contributed by atoms with E-state index in [1.54, 1.807) is 0 Å². The van der Waals surface area contributed by atoms with Gasteiger partial charge in [-0.3, -0.25) is 0 Å². The van der Waals surface area contributed by atoms with Crippen molar-refractivity contribution in [3.8, 4) is 5.88 Å². The van der Waals surface area contributed by atoms with Gasteiger partial charge in [-0.25, -0.2) is 0 Å². The van der Waals surface area contributed by atoms with Gasteiger partial charge >= 0.3 is 0 Å². The Hall–Kier alpha value is -0.350. The molecule has 0 unspecified atom stereocenters. The van der Waals surface area contributed by atoms with Crippen molar-refractivity contribution in [2.45, 2.75) is 5.88 Å². The Balaban J connectivity index is 2.92. The maximum absolute atomic E-state index is 8.70. The zero-order valence-corrected chi connectivity index (χ0v) is 5.41. The van der Waals surface area contributed by atoms with E-state index < -0.39 is 0 Å². The summed E-state index contributed by atoms with van der Waals surface area (Å²) in [4.78, 5) is 0. The van der Waals surface area contributed by atoms with Crippen LogP contribution in [0.5, 0.6) is 5.88 Å². The molecule has 0 radical (unpaired) electrons. The number of hydrogen-bond acceptors (Lipinski definition) is 4. The number of alkyl halides is 1. The van der Waals surface area contributed by atoms with Crippen LogP contribution in [0.3, 0.4) is 0 Å². The zero-order valence-electron chi connectivity index (χ0n) is 3.83. The van der Waals surface area contributed by atoms with Crippen LogP contribution in [0.2, 0.25) is 0 Å². The second kappa shape index (κ2) is 2.28. The van der Waals surface area contributed by atoms with Crippen LogP contribution in [0.15, 0.2) is 0 Å². The molecule has 0 aromatic carbocycles. The molecular weight excluding hydrogens is 148 g/mol. The Morgan fingerprint density at radius 1 is 1.62 bits per heavy atom. The number of halogens is 1. The predicted octanol–water partition coefficient (Wildman–Crippen LogP) is 0.982. The van der Waals surface area contributed by atoms with Gasteiger partial charge in [0, 0.05) is 0 Å². The highest BCUT2D eigenvalue weighted by molar-refractivity contribution is 6.99. The molecule has 0 atom stereocenters. The number of aromatic nitrogens is 2. The molecule has 3 nitrogen and oxygen atoms in total. The fourth-order valence-corrected chi connectivity index (χ4v) is 1.00. The summed E-state index contributed by atoms with van der Waals surface area (Å²) in [6.07, 6.45) is 0. The maximum atomic E-state index is 8.70. The summed E-state index contributed by atoms with van der Waals surface area (Å²) in [5.74, 6) is 0.174. The lowest BCUT2D eigenvalue weighted by Crippen LogP contribution is -1.73. The Morgan fingerprint density at radius 2 is 2.38 bits per heavy atom. The molecule has 1 aromatic rings. The van der Waals surface area contributed by atoms with Crippen LogP contribution >= 0.6 is 23.3 Å². The Bertz CT molecular complexity index is 178. The lowest BCUT2D eigenvalue weighted by atomic mass is 10.5. The van der Waals surface area contributed by atoms with Crippen LogP contribution in [0.1, 0.15) is 5.69 Å². The molecule has 0 saturated heterocycles. The summed E-state index contributed by atoms with van der Waals surface area (Å²) < 4.78 is 7.17. The average Bonchev–Trinajstić information content (AvgIpc) is 2.14. The van der Waals surface area contributed by atoms with Crippen LogP contribution in [-0.4, -0.2) is 13.9 Å². The highest BCUT2D eigenvalue weighted by Crippen LogP contribution is 2.13. The molecule has 8 heavy (non-hydrogen) atoms. The van der Waals surface area contributed by atoms with Gasteiger partial charge in [0.15, 0.2) is 0 Å². The Morgan fingerprint density at radius 3 is 2.62 bits per heavy atom. The van der Waals surface area contributed by atoms with E-state index >= 15 is 0 Å². The first-order valence-electron chi connectivity index (χ1n) is 1.91. The molecule has 1 aromatic heterocycles. The highest BCUT2D eigenvalue weighted by Gasteiger charge is 2.01. The molecule has 1 heterocycles. The van der Waals surface area contributed by atoms with Crippen molar-refractivity contribution in [2.24, 2.45) is 0 Å². The number of rotatable bonds is 1. The molecule has 0 aliphatic rings. The fourth-order valence-electron chi connectivity index (χ4n) is 0.286. The number of hydrogen-bond donors (Lipinski definition) is 1. The SMILES string of the molecule is Oc1nsnc1CCl. The zero-order chi connectivity index (χ0) is 5.98. The number of aromatic hydroxyl groups is 1. The largest absolute Gasteiger partial charge is 0.491 e. The van der Waals surface area contributed by atoms with Gasteiger partial charge in [-0.2, -0.15) is 4.37 Å². The lowest BCUT2D eigenvalue weighted by Gasteiger charge is -1.80. The van der Waals surface area contributed by atoms with Crippen molar-refractivity contribution < 1.29 is 5.11 Å². The monoisotopic (exact) mass is 150 g/mol. The van der Waals surface area contributed by atoms with Crippen LogP contribution < -0.4 is 0 Å². The minimum absolute atomic E-state index is 0.0509. The predicted molar refractivity (Wildman–Crippen MR) is 31.1 cm³/mol. The molecule has 5 heteroatoms. The first-order valence-corrected chi connectivity index (χ1v) is 3.17. The summed E-state index contributed by atoms with van der Waals surface area (Å²) in [6.45, 7) is 0. The van der Waals surface area contributed by atoms with E-state index in [0.717, 1.165) is 11.7 Å². The first kappa shape index (κ1) is 5.78. The van der Waals surface area contributed by atoms with Crippen molar-refractivity contribution in [3.05, 3.63) is 5.69 Å². The van der Waals surface area contributed by atoms with Gasteiger partial charge in [0.2, 0.25) is 5.88 Å². The van der Waals surface area contributed by atoms with Gasteiger partial charge in [-0.15, -0.1) is 16.0 Å². The summed E-state index contributed by atoms with van der Waals surface area (Å²) in [5.41, 5.74) is 0.455. The van der Waals surface area contributed by atoms with E-state index in [1.807, 2.05) is 0 Å². The summed E-state index contributed by atoms with van der Waals surface area (Å²) in [5, 5.41) is 8.70. The van der Waals surface area contributed by atoms with E-state index in [4.69, 9.17) is 16.7 Å². The first-order chi connectivity index (χ1) is 3.84. The van der Waals surface area contributed by atoms with E-state index in [-0.39, 0.29) is 11.8 Å². The van der Waals surface area contributed by atoms with Crippen molar-refractivity contribution in [3.63, 3.8) is 0 Å². The minimum atomic E-state index is -0.0509. The Labute approximate surface area is 55.3 Å². The van der Waals surface area contributed by atoms with Crippen LogP contribution in [0.4, 0.5) is 0 Å². The van der Waals surface area contributed by atoms with Gasteiger partial charge in [-0.05, 0) is 0 Å². The molecule has 0 bridgehead atoms. The fraction of sp³-hybridized carbons (Fsp3) is 0.333. The molecule has 0 amide bonds. The standard InChI is InChI=1S/C3H3ClN2OS/c4-1-2-3(7)6-8-5-2/h1H2,(H,6,7). The molecule has 0 spiro atoms. The Kier molecular flexibility index (Phi) is 1.65.